The van der Waals surface area contributed by atoms with Crippen LogP contribution in [0.4, 0.5) is 0 Å². The lowest BCUT2D eigenvalue weighted by molar-refractivity contribution is 0.112. The second kappa shape index (κ2) is 9.12. The summed E-state index contributed by atoms with van der Waals surface area (Å²) in [4.78, 5) is 2.57. The summed E-state index contributed by atoms with van der Waals surface area (Å²) >= 11 is 0. The smallest absolute Gasteiger partial charge is 0.0613 e. The van der Waals surface area contributed by atoms with Crippen LogP contribution in [0.2, 0.25) is 0 Å². The number of hydrogen-bond acceptors (Lipinski definition) is 3. The van der Waals surface area contributed by atoms with Crippen molar-refractivity contribution in [2.45, 2.75) is 90.3 Å². The molecule has 0 aromatic heterocycles. The van der Waals surface area contributed by atoms with Gasteiger partial charge in [-0.2, -0.15) is 0 Å². The van der Waals surface area contributed by atoms with E-state index in [1.165, 1.54) is 25.7 Å². The molecule has 3 atom stereocenters. The first kappa shape index (κ1) is 18.9. The van der Waals surface area contributed by atoms with Gasteiger partial charge in [0, 0.05) is 17.6 Å². The van der Waals surface area contributed by atoms with E-state index in [9.17, 15) is 5.11 Å². The maximum atomic E-state index is 9.81. The zero-order valence-electron chi connectivity index (χ0n) is 15.0. The maximum Gasteiger partial charge on any atom is 0.0613 e. The molecule has 3 unspecified atom stereocenters. The van der Waals surface area contributed by atoms with Crippen LogP contribution in [0.25, 0.3) is 0 Å². The van der Waals surface area contributed by atoms with Crippen molar-refractivity contribution < 1.29 is 5.11 Å². The van der Waals surface area contributed by atoms with E-state index in [0.29, 0.717) is 6.04 Å². The molecule has 1 aliphatic rings. The van der Waals surface area contributed by atoms with E-state index in [1.54, 1.807) is 0 Å². The first-order valence-corrected chi connectivity index (χ1v) is 9.03. The molecule has 126 valence electrons. The minimum absolute atomic E-state index is 0.0901. The summed E-state index contributed by atoms with van der Waals surface area (Å²) in [5, 5.41) is 13.4. The number of rotatable bonds is 9. The molecule has 1 aliphatic carbocycles. The third kappa shape index (κ3) is 5.88. The van der Waals surface area contributed by atoms with Crippen LogP contribution in [0.15, 0.2) is 0 Å². The lowest BCUT2D eigenvalue weighted by Gasteiger charge is -2.38. The van der Waals surface area contributed by atoms with E-state index in [2.05, 4.69) is 45.0 Å². The SMILES string of the molecule is CCC(CO)(CCCN(C)C1CCCCC1C)NC(C)C. The average molecular weight is 299 g/mol. The highest BCUT2D eigenvalue weighted by Crippen LogP contribution is 2.28. The Labute approximate surface area is 132 Å². The Balaban J connectivity index is 2.42. The molecule has 0 radical (unpaired) electrons. The molecule has 0 aromatic carbocycles. The highest BCUT2D eigenvalue weighted by molar-refractivity contribution is 4.88. The molecule has 0 spiro atoms. The topological polar surface area (TPSA) is 35.5 Å². The average Bonchev–Trinajstić information content (AvgIpc) is 2.46. The summed E-state index contributed by atoms with van der Waals surface area (Å²) in [5.41, 5.74) is -0.0901. The van der Waals surface area contributed by atoms with Gasteiger partial charge in [-0.05, 0) is 51.6 Å². The van der Waals surface area contributed by atoms with Crippen molar-refractivity contribution in [2.24, 2.45) is 5.92 Å². The van der Waals surface area contributed by atoms with Crippen molar-refractivity contribution in [2.75, 3.05) is 20.2 Å². The molecule has 3 nitrogen and oxygen atoms in total. The molecule has 21 heavy (non-hydrogen) atoms. The normalized spacial score (nSPS) is 26.3. The molecule has 0 saturated heterocycles. The zero-order valence-corrected chi connectivity index (χ0v) is 15.0. The quantitative estimate of drug-likeness (QED) is 0.685. The molecule has 0 heterocycles. The minimum atomic E-state index is -0.0901. The number of aliphatic hydroxyl groups excluding tert-OH is 1. The molecule has 0 aromatic rings. The number of hydrogen-bond donors (Lipinski definition) is 2. The van der Waals surface area contributed by atoms with Crippen molar-refractivity contribution in [1.29, 1.82) is 0 Å². The van der Waals surface area contributed by atoms with Crippen LogP contribution >= 0.6 is 0 Å². The fourth-order valence-electron chi connectivity index (χ4n) is 3.98. The molecule has 3 heteroatoms. The van der Waals surface area contributed by atoms with Crippen molar-refractivity contribution >= 4 is 0 Å². The lowest BCUT2D eigenvalue weighted by Crippen LogP contribution is -2.51. The third-order valence-electron chi connectivity index (χ3n) is 5.37. The van der Waals surface area contributed by atoms with E-state index < -0.39 is 0 Å². The van der Waals surface area contributed by atoms with Gasteiger partial charge in [0.15, 0.2) is 0 Å². The Bertz CT molecular complexity index is 276. The lowest BCUT2D eigenvalue weighted by atomic mass is 9.84. The van der Waals surface area contributed by atoms with Crippen LogP contribution in [-0.2, 0) is 0 Å². The molecule has 0 aliphatic heterocycles. The summed E-state index contributed by atoms with van der Waals surface area (Å²) in [6.07, 6.45) is 8.76. The second-order valence-electron chi connectivity index (χ2n) is 7.50. The minimum Gasteiger partial charge on any atom is -0.394 e. The molecular formula is C18H38N2O. The first-order valence-electron chi connectivity index (χ1n) is 9.03. The Morgan fingerprint density at radius 2 is 1.95 bits per heavy atom. The zero-order chi connectivity index (χ0) is 15.9. The van der Waals surface area contributed by atoms with Crippen LogP contribution in [0.5, 0.6) is 0 Å². The van der Waals surface area contributed by atoms with Gasteiger partial charge in [-0.15, -0.1) is 0 Å². The van der Waals surface area contributed by atoms with Gasteiger partial charge < -0.3 is 15.3 Å². The molecule has 0 bridgehead atoms. The van der Waals surface area contributed by atoms with Gasteiger partial charge in [0.2, 0.25) is 0 Å². The van der Waals surface area contributed by atoms with Gasteiger partial charge in [-0.3, -0.25) is 0 Å². The summed E-state index contributed by atoms with van der Waals surface area (Å²) in [5.74, 6) is 0.839. The van der Waals surface area contributed by atoms with E-state index in [4.69, 9.17) is 0 Å². The molecule has 1 fully saturated rings. The van der Waals surface area contributed by atoms with Gasteiger partial charge in [0.25, 0.3) is 0 Å². The van der Waals surface area contributed by atoms with E-state index in [-0.39, 0.29) is 12.1 Å². The first-order chi connectivity index (χ1) is 9.94. The van der Waals surface area contributed by atoms with Crippen LogP contribution in [-0.4, -0.2) is 47.8 Å². The van der Waals surface area contributed by atoms with Crippen LogP contribution < -0.4 is 5.32 Å². The van der Waals surface area contributed by atoms with Crippen LogP contribution in [0.3, 0.4) is 0 Å². The highest BCUT2D eigenvalue weighted by Gasteiger charge is 2.29. The van der Waals surface area contributed by atoms with Crippen molar-refractivity contribution in [1.82, 2.24) is 10.2 Å². The predicted octanol–water partition coefficient (Wildman–Crippen LogP) is 3.42. The van der Waals surface area contributed by atoms with E-state index in [0.717, 1.165) is 37.8 Å². The van der Waals surface area contributed by atoms with Crippen molar-refractivity contribution in [3.63, 3.8) is 0 Å². The summed E-state index contributed by atoms with van der Waals surface area (Å²) < 4.78 is 0. The second-order valence-corrected chi connectivity index (χ2v) is 7.50. The van der Waals surface area contributed by atoms with Crippen LogP contribution in [0.1, 0.15) is 72.6 Å². The summed E-state index contributed by atoms with van der Waals surface area (Å²) in [7, 11) is 2.29. The van der Waals surface area contributed by atoms with Gasteiger partial charge in [0.1, 0.15) is 0 Å². The molecule has 2 N–H and O–H groups in total. The summed E-state index contributed by atoms with van der Waals surface area (Å²) in [6.45, 7) is 10.3. The van der Waals surface area contributed by atoms with E-state index >= 15 is 0 Å². The molecule has 1 saturated carbocycles. The maximum absolute atomic E-state index is 9.81. The number of nitrogens with zero attached hydrogens (tertiary/aromatic N) is 1. The van der Waals surface area contributed by atoms with Crippen molar-refractivity contribution in [3.8, 4) is 0 Å². The Hall–Kier alpha value is -0.120. The number of nitrogens with one attached hydrogen (secondary N) is 1. The van der Waals surface area contributed by atoms with E-state index in [1.807, 2.05) is 0 Å². The fourth-order valence-corrected chi connectivity index (χ4v) is 3.98. The van der Waals surface area contributed by atoms with Crippen molar-refractivity contribution in [3.05, 3.63) is 0 Å². The highest BCUT2D eigenvalue weighted by atomic mass is 16.3. The largest absolute Gasteiger partial charge is 0.394 e. The standard InChI is InChI=1S/C18H38N2O/c1-6-18(14-21,19-15(2)3)12-9-13-20(5)17-11-8-7-10-16(17)4/h15-17,19,21H,6-14H2,1-5H3. The Kier molecular flexibility index (Phi) is 8.22. The predicted molar refractivity (Wildman–Crippen MR) is 91.7 cm³/mol. The summed E-state index contributed by atoms with van der Waals surface area (Å²) in [6, 6.07) is 1.19. The monoisotopic (exact) mass is 298 g/mol. The Morgan fingerprint density at radius 3 is 2.48 bits per heavy atom. The van der Waals surface area contributed by atoms with Crippen LogP contribution in [0, 0.1) is 5.92 Å². The third-order valence-corrected chi connectivity index (χ3v) is 5.37. The Morgan fingerprint density at radius 1 is 1.29 bits per heavy atom. The van der Waals surface area contributed by atoms with Gasteiger partial charge in [-0.1, -0.05) is 40.5 Å². The molecular weight excluding hydrogens is 260 g/mol. The number of aliphatic hydroxyl groups is 1. The molecule has 0 amide bonds. The molecule has 1 rings (SSSR count). The van der Waals surface area contributed by atoms with Gasteiger partial charge >= 0.3 is 0 Å². The van der Waals surface area contributed by atoms with Gasteiger partial charge in [-0.25, -0.2) is 0 Å². The van der Waals surface area contributed by atoms with Gasteiger partial charge in [0.05, 0.1) is 6.61 Å². The fraction of sp³-hybridized carbons (Fsp3) is 1.00.